The fourth-order valence-electron chi connectivity index (χ4n) is 0.598. The third kappa shape index (κ3) is 3.23. The van der Waals surface area contributed by atoms with Crippen molar-refractivity contribution < 1.29 is 0 Å². The first kappa shape index (κ1) is 9.15. The largest absolute Gasteiger partial charge is 0.269 e. The Hall–Kier alpha value is -0.850. The summed E-state index contributed by atoms with van der Waals surface area (Å²) in [7, 11) is 0. The van der Waals surface area contributed by atoms with Crippen molar-refractivity contribution in [2.75, 3.05) is 0 Å². The van der Waals surface area contributed by atoms with Gasteiger partial charge in [0.05, 0.1) is 0 Å². The smallest absolute Gasteiger partial charge is 0.0298 e. The van der Waals surface area contributed by atoms with Gasteiger partial charge in [-0.25, -0.2) is 0 Å². The molecule has 0 atom stereocenters. The lowest BCUT2D eigenvalue weighted by Crippen LogP contribution is -1.88. The van der Waals surface area contributed by atoms with Crippen molar-refractivity contribution >= 4 is 6.21 Å². The van der Waals surface area contributed by atoms with Crippen LogP contribution in [0.1, 0.15) is 20.8 Å². The van der Waals surface area contributed by atoms with Crippen molar-refractivity contribution in [2.24, 2.45) is 10.9 Å². The molecule has 0 saturated carbocycles. The third-order valence-electron chi connectivity index (χ3n) is 1.28. The van der Waals surface area contributed by atoms with Gasteiger partial charge in [-0.3, -0.25) is 4.99 Å². The van der Waals surface area contributed by atoms with Crippen molar-refractivity contribution in [1.29, 1.82) is 0 Å². The molecule has 0 heterocycles. The lowest BCUT2D eigenvalue weighted by Gasteiger charge is -2.02. The minimum atomic E-state index is 0.515. The second-order valence-electron chi connectivity index (χ2n) is 2.40. The van der Waals surface area contributed by atoms with Crippen LogP contribution in [0, 0.1) is 5.92 Å². The summed E-state index contributed by atoms with van der Waals surface area (Å²) in [5.74, 6) is 0.515. The molecule has 1 heteroatoms. The molecule has 0 radical (unpaired) electrons. The Morgan fingerprint density at radius 2 is 2.10 bits per heavy atom. The highest BCUT2D eigenvalue weighted by Crippen LogP contribution is 2.09. The molecule has 0 amide bonds. The van der Waals surface area contributed by atoms with Crippen LogP contribution in [0.25, 0.3) is 0 Å². The monoisotopic (exact) mass is 137 g/mol. The lowest BCUT2D eigenvalue weighted by atomic mass is 10.1. The van der Waals surface area contributed by atoms with Crippen LogP contribution in [0.15, 0.2) is 29.4 Å². The minimum absolute atomic E-state index is 0.515. The number of aliphatic imine (C=N–C) groups is 1. The van der Waals surface area contributed by atoms with E-state index in [0.717, 1.165) is 0 Å². The highest BCUT2D eigenvalue weighted by atomic mass is 14.7. The van der Waals surface area contributed by atoms with Crippen molar-refractivity contribution in [1.82, 2.24) is 0 Å². The lowest BCUT2D eigenvalue weighted by molar-refractivity contribution is 0.789. The maximum absolute atomic E-state index is 4.01. The Morgan fingerprint density at radius 3 is 2.40 bits per heavy atom. The summed E-state index contributed by atoms with van der Waals surface area (Å²) in [6.45, 7) is 9.84. The van der Waals surface area contributed by atoms with Gasteiger partial charge in [0.2, 0.25) is 0 Å². The maximum Gasteiger partial charge on any atom is 0.0298 e. The zero-order valence-corrected chi connectivity index (χ0v) is 6.96. The van der Waals surface area contributed by atoms with Crippen LogP contribution >= 0.6 is 0 Å². The molecule has 10 heavy (non-hydrogen) atoms. The molecule has 1 nitrogen and oxygen atoms in total. The summed E-state index contributed by atoms with van der Waals surface area (Å²) >= 11 is 0. The van der Waals surface area contributed by atoms with E-state index in [1.807, 2.05) is 19.2 Å². The van der Waals surface area contributed by atoms with Crippen LogP contribution in [-0.2, 0) is 0 Å². The average molecular weight is 137 g/mol. The van der Waals surface area contributed by atoms with Gasteiger partial charge in [-0.1, -0.05) is 26.5 Å². The van der Waals surface area contributed by atoms with E-state index < -0.39 is 0 Å². The Kier molecular flexibility index (Phi) is 4.55. The molecule has 0 aromatic carbocycles. The molecule has 0 spiro atoms. The maximum atomic E-state index is 4.01. The number of hydrogen-bond acceptors (Lipinski definition) is 1. The van der Waals surface area contributed by atoms with Crippen molar-refractivity contribution in [3.05, 3.63) is 24.4 Å². The van der Waals surface area contributed by atoms with Crippen LogP contribution < -0.4 is 0 Å². The summed E-state index contributed by atoms with van der Waals surface area (Å²) in [5.41, 5.74) is 1.18. The molecule has 0 aliphatic rings. The molecule has 0 aromatic heterocycles. The number of allylic oxidation sites excluding steroid dienone is 2. The van der Waals surface area contributed by atoms with E-state index in [0.29, 0.717) is 5.92 Å². The normalized spacial score (nSPS) is 13.0. The molecule has 0 aromatic rings. The fourth-order valence-corrected chi connectivity index (χ4v) is 0.598. The zero-order valence-electron chi connectivity index (χ0n) is 6.96. The van der Waals surface area contributed by atoms with E-state index >= 15 is 0 Å². The number of rotatable bonds is 3. The van der Waals surface area contributed by atoms with Gasteiger partial charge in [0.1, 0.15) is 0 Å². The van der Waals surface area contributed by atoms with Gasteiger partial charge < -0.3 is 0 Å². The second-order valence-corrected chi connectivity index (χ2v) is 2.40. The summed E-state index contributed by atoms with van der Waals surface area (Å²) in [6.07, 6.45) is 5.46. The summed E-state index contributed by atoms with van der Waals surface area (Å²) < 4.78 is 0. The van der Waals surface area contributed by atoms with E-state index in [1.165, 1.54) is 5.57 Å². The first-order valence-electron chi connectivity index (χ1n) is 3.52. The summed E-state index contributed by atoms with van der Waals surface area (Å²) in [5, 5.41) is 0. The van der Waals surface area contributed by atoms with E-state index in [-0.39, 0.29) is 0 Å². The van der Waals surface area contributed by atoms with Crippen molar-refractivity contribution in [3.63, 3.8) is 0 Å². The predicted octanol–water partition coefficient (Wildman–Crippen LogP) is 2.80. The van der Waals surface area contributed by atoms with Gasteiger partial charge in [0.15, 0.2) is 0 Å². The minimum Gasteiger partial charge on any atom is -0.269 e. The molecule has 0 fully saturated rings. The van der Waals surface area contributed by atoms with Gasteiger partial charge in [-0.2, -0.15) is 0 Å². The molecule has 56 valence electrons. The van der Waals surface area contributed by atoms with Gasteiger partial charge in [0, 0.05) is 12.4 Å². The molecule has 0 N–H and O–H groups in total. The van der Waals surface area contributed by atoms with Crippen molar-refractivity contribution in [3.8, 4) is 0 Å². The average Bonchev–Trinajstić information content (AvgIpc) is 1.89. The zero-order chi connectivity index (χ0) is 7.98. The first-order valence-corrected chi connectivity index (χ1v) is 3.52. The van der Waals surface area contributed by atoms with Crippen LogP contribution in [0.2, 0.25) is 0 Å². The molecule has 0 saturated heterocycles. The molecule has 0 bridgehead atoms. The fraction of sp³-hybridized carbons (Fsp3) is 0.444. The summed E-state index contributed by atoms with van der Waals surface area (Å²) in [6, 6.07) is 0. The number of hydrogen-bond donors (Lipinski definition) is 0. The third-order valence-corrected chi connectivity index (χ3v) is 1.28. The molecule has 0 rings (SSSR count). The Balaban J connectivity index is 4.18. The van der Waals surface area contributed by atoms with Crippen LogP contribution in [0.3, 0.4) is 0 Å². The van der Waals surface area contributed by atoms with Gasteiger partial charge >= 0.3 is 0 Å². The number of nitrogens with zero attached hydrogens (tertiary/aromatic N) is 1. The SMILES string of the molecule is C=CC(=CN=CC)C(C)C. The molecular formula is C9H15N. The highest BCUT2D eigenvalue weighted by Gasteiger charge is 1.95. The highest BCUT2D eigenvalue weighted by molar-refractivity contribution is 5.54. The Bertz CT molecular complexity index is 152. The molecule has 0 unspecified atom stereocenters. The van der Waals surface area contributed by atoms with Gasteiger partial charge in [-0.15, -0.1) is 0 Å². The molecule has 0 aliphatic carbocycles. The van der Waals surface area contributed by atoms with Gasteiger partial charge in [-0.05, 0) is 18.4 Å². The topological polar surface area (TPSA) is 12.4 Å². The first-order chi connectivity index (χ1) is 4.72. The van der Waals surface area contributed by atoms with Crippen molar-refractivity contribution in [2.45, 2.75) is 20.8 Å². The Labute approximate surface area is 63.2 Å². The van der Waals surface area contributed by atoms with Crippen LogP contribution in [0.4, 0.5) is 0 Å². The Morgan fingerprint density at radius 1 is 1.50 bits per heavy atom. The van der Waals surface area contributed by atoms with E-state index in [9.17, 15) is 0 Å². The second kappa shape index (κ2) is 4.98. The molecular weight excluding hydrogens is 122 g/mol. The standard InChI is InChI=1S/C9H15N/c1-5-9(8(3)4)7-10-6-2/h5-8H,1H2,2-4H3. The van der Waals surface area contributed by atoms with Crippen LogP contribution in [0.5, 0.6) is 0 Å². The van der Waals surface area contributed by atoms with E-state index in [4.69, 9.17) is 0 Å². The predicted molar refractivity (Wildman–Crippen MR) is 47.3 cm³/mol. The van der Waals surface area contributed by atoms with E-state index in [1.54, 1.807) is 6.21 Å². The molecule has 0 aliphatic heterocycles. The quantitative estimate of drug-likeness (QED) is 0.419. The summed E-state index contributed by atoms with van der Waals surface area (Å²) in [4.78, 5) is 4.01. The van der Waals surface area contributed by atoms with E-state index in [2.05, 4.69) is 25.4 Å². The van der Waals surface area contributed by atoms with Crippen LogP contribution in [-0.4, -0.2) is 6.21 Å². The van der Waals surface area contributed by atoms with Gasteiger partial charge in [0.25, 0.3) is 0 Å².